The van der Waals surface area contributed by atoms with Crippen LogP contribution in [0.4, 0.5) is 5.13 Å². The molecule has 0 bridgehead atoms. The number of rotatable bonds is 3. The van der Waals surface area contributed by atoms with Gasteiger partial charge in [0.05, 0.1) is 12.7 Å². The number of aromatic nitrogens is 2. The fraction of sp³-hybridized carbons (Fsp3) is 0.357. The van der Waals surface area contributed by atoms with Gasteiger partial charge in [-0.3, -0.25) is 10.1 Å². The number of hydrogen-bond acceptors (Lipinski definition) is 5. The Labute approximate surface area is 132 Å². The number of hydrogen-bond donors (Lipinski definition) is 1. The molecule has 1 aromatic carbocycles. The number of nitrogens with one attached hydrogen (secondary N) is 1. The van der Waals surface area contributed by atoms with Crippen molar-refractivity contribution in [3.8, 4) is 5.75 Å². The quantitative estimate of drug-likeness (QED) is 0.933. The Morgan fingerprint density at radius 2 is 2.05 bits per heavy atom. The topological polar surface area (TPSA) is 64.1 Å². The lowest BCUT2D eigenvalue weighted by molar-refractivity contribution is 0.102. The molecule has 1 heterocycles. The van der Waals surface area contributed by atoms with Gasteiger partial charge >= 0.3 is 0 Å². The van der Waals surface area contributed by atoms with Crippen LogP contribution in [0.3, 0.4) is 0 Å². The molecule has 0 spiro atoms. The molecule has 0 fully saturated rings. The number of carbonyl (C=O) groups is 1. The number of amides is 1. The van der Waals surface area contributed by atoms with Crippen LogP contribution in [-0.2, 0) is 5.41 Å². The highest BCUT2D eigenvalue weighted by molar-refractivity contribution is 7.15. The highest BCUT2D eigenvalue weighted by Crippen LogP contribution is 2.29. The Morgan fingerprint density at radius 1 is 1.33 bits per heavy atom. The van der Waals surface area contributed by atoms with Crippen LogP contribution in [0, 0.1) is 0 Å². The maximum atomic E-state index is 12.3. The largest absolute Gasteiger partial charge is 0.496 e. The summed E-state index contributed by atoms with van der Waals surface area (Å²) in [5.74, 6) is 0.128. The van der Waals surface area contributed by atoms with Gasteiger partial charge in [0.1, 0.15) is 10.8 Å². The highest BCUT2D eigenvalue weighted by atomic mass is 35.5. The van der Waals surface area contributed by atoms with Crippen LogP contribution in [-0.4, -0.2) is 23.2 Å². The zero-order chi connectivity index (χ0) is 15.6. The molecule has 5 nitrogen and oxygen atoms in total. The van der Waals surface area contributed by atoms with Gasteiger partial charge in [-0.05, 0) is 18.2 Å². The second-order valence-corrected chi connectivity index (χ2v) is 6.88. The number of nitrogens with zero attached hydrogens (tertiary/aromatic N) is 2. The molecular formula is C14H16ClN3O2S. The smallest absolute Gasteiger partial charge is 0.261 e. The van der Waals surface area contributed by atoms with Crippen molar-refractivity contribution in [2.45, 2.75) is 26.2 Å². The summed E-state index contributed by atoms with van der Waals surface area (Å²) in [7, 11) is 1.50. The minimum atomic E-state index is -0.328. The number of methoxy groups -OCH3 is 1. The van der Waals surface area contributed by atoms with E-state index in [1.807, 2.05) is 20.8 Å². The second-order valence-electron chi connectivity index (χ2n) is 5.46. The van der Waals surface area contributed by atoms with Crippen LogP contribution in [0.5, 0.6) is 5.75 Å². The molecule has 7 heteroatoms. The van der Waals surface area contributed by atoms with Crippen molar-refractivity contribution in [1.29, 1.82) is 0 Å². The van der Waals surface area contributed by atoms with Crippen LogP contribution >= 0.6 is 22.9 Å². The van der Waals surface area contributed by atoms with Gasteiger partial charge in [-0.15, -0.1) is 10.2 Å². The van der Waals surface area contributed by atoms with E-state index in [0.29, 0.717) is 21.5 Å². The molecule has 2 aromatic rings. The van der Waals surface area contributed by atoms with Gasteiger partial charge in [0.15, 0.2) is 0 Å². The fourth-order valence-electron chi connectivity index (χ4n) is 1.60. The lowest BCUT2D eigenvalue weighted by Gasteiger charge is -2.12. The Balaban J connectivity index is 2.22. The molecule has 0 aliphatic rings. The van der Waals surface area contributed by atoms with Crippen LogP contribution < -0.4 is 10.1 Å². The van der Waals surface area contributed by atoms with E-state index in [9.17, 15) is 4.79 Å². The van der Waals surface area contributed by atoms with Gasteiger partial charge in [0, 0.05) is 10.4 Å². The van der Waals surface area contributed by atoms with Crippen molar-refractivity contribution < 1.29 is 9.53 Å². The summed E-state index contributed by atoms with van der Waals surface area (Å²) in [5, 5.41) is 12.6. The van der Waals surface area contributed by atoms with Crippen molar-refractivity contribution in [2.24, 2.45) is 0 Å². The van der Waals surface area contributed by atoms with E-state index in [4.69, 9.17) is 16.3 Å². The molecule has 21 heavy (non-hydrogen) atoms. The molecule has 1 N–H and O–H groups in total. The zero-order valence-corrected chi connectivity index (χ0v) is 13.8. The minimum absolute atomic E-state index is 0.103. The molecule has 0 aliphatic heterocycles. The molecule has 112 valence electrons. The van der Waals surface area contributed by atoms with Crippen LogP contribution in [0.1, 0.15) is 36.1 Å². The summed E-state index contributed by atoms with van der Waals surface area (Å²) in [4.78, 5) is 12.3. The standard InChI is InChI=1S/C14H16ClN3O2S/c1-14(2,3)12-17-18-13(21-12)16-11(19)9-7-8(15)5-6-10(9)20-4/h5-7H,1-4H3,(H,16,18,19). The van der Waals surface area contributed by atoms with Crippen molar-refractivity contribution in [1.82, 2.24) is 10.2 Å². The summed E-state index contributed by atoms with van der Waals surface area (Å²) in [6, 6.07) is 4.87. The van der Waals surface area contributed by atoms with Crippen molar-refractivity contribution in [2.75, 3.05) is 12.4 Å². The number of carbonyl (C=O) groups excluding carboxylic acids is 1. The van der Waals surface area contributed by atoms with E-state index in [2.05, 4.69) is 15.5 Å². The van der Waals surface area contributed by atoms with Gasteiger partial charge in [-0.1, -0.05) is 43.7 Å². The van der Waals surface area contributed by atoms with Gasteiger partial charge in [-0.25, -0.2) is 0 Å². The molecule has 0 unspecified atom stereocenters. The molecule has 0 atom stereocenters. The van der Waals surface area contributed by atoms with Crippen LogP contribution in [0.25, 0.3) is 0 Å². The van der Waals surface area contributed by atoms with E-state index in [0.717, 1.165) is 5.01 Å². The second kappa shape index (κ2) is 5.99. The lowest BCUT2D eigenvalue weighted by atomic mass is 9.98. The van der Waals surface area contributed by atoms with Gasteiger partial charge in [0.2, 0.25) is 5.13 Å². The predicted molar refractivity (Wildman–Crippen MR) is 84.6 cm³/mol. The molecule has 0 saturated carbocycles. The number of anilines is 1. The molecule has 0 radical (unpaired) electrons. The maximum Gasteiger partial charge on any atom is 0.261 e. The highest BCUT2D eigenvalue weighted by Gasteiger charge is 2.21. The van der Waals surface area contributed by atoms with E-state index in [1.54, 1.807) is 18.2 Å². The molecule has 2 rings (SSSR count). The molecule has 0 saturated heterocycles. The average molecular weight is 326 g/mol. The average Bonchev–Trinajstić information content (AvgIpc) is 2.87. The molecule has 0 aliphatic carbocycles. The summed E-state index contributed by atoms with van der Waals surface area (Å²) in [5.41, 5.74) is 0.256. The van der Waals surface area contributed by atoms with E-state index in [-0.39, 0.29) is 11.3 Å². The number of ether oxygens (including phenoxy) is 1. The third-order valence-electron chi connectivity index (χ3n) is 2.69. The summed E-state index contributed by atoms with van der Waals surface area (Å²) >= 11 is 7.28. The van der Waals surface area contributed by atoms with E-state index >= 15 is 0 Å². The molecule has 1 aromatic heterocycles. The van der Waals surface area contributed by atoms with E-state index in [1.165, 1.54) is 18.4 Å². The Morgan fingerprint density at radius 3 is 2.62 bits per heavy atom. The first-order valence-electron chi connectivity index (χ1n) is 6.30. The Bertz CT molecular complexity index is 664. The fourth-order valence-corrected chi connectivity index (χ4v) is 2.57. The molecule has 1 amide bonds. The van der Waals surface area contributed by atoms with Gasteiger partial charge in [0.25, 0.3) is 5.91 Å². The predicted octanol–water partition coefficient (Wildman–Crippen LogP) is 3.75. The SMILES string of the molecule is COc1ccc(Cl)cc1C(=O)Nc1nnc(C(C)(C)C)s1. The maximum absolute atomic E-state index is 12.3. The van der Waals surface area contributed by atoms with Crippen molar-refractivity contribution >= 4 is 34.0 Å². The summed E-state index contributed by atoms with van der Waals surface area (Å²) < 4.78 is 5.17. The van der Waals surface area contributed by atoms with Gasteiger partial charge < -0.3 is 4.74 Å². The first-order valence-corrected chi connectivity index (χ1v) is 7.49. The normalized spacial score (nSPS) is 11.3. The van der Waals surface area contributed by atoms with Crippen molar-refractivity contribution in [3.63, 3.8) is 0 Å². The number of halogens is 1. The minimum Gasteiger partial charge on any atom is -0.496 e. The van der Waals surface area contributed by atoms with E-state index < -0.39 is 0 Å². The molecular weight excluding hydrogens is 310 g/mol. The first-order chi connectivity index (χ1) is 9.81. The summed E-state index contributed by atoms with van der Waals surface area (Å²) in [6.45, 7) is 6.12. The third kappa shape index (κ3) is 3.71. The van der Waals surface area contributed by atoms with Crippen LogP contribution in [0.2, 0.25) is 5.02 Å². The Kier molecular flexibility index (Phi) is 4.49. The summed E-state index contributed by atoms with van der Waals surface area (Å²) in [6.07, 6.45) is 0. The zero-order valence-electron chi connectivity index (χ0n) is 12.2. The third-order valence-corrected chi connectivity index (χ3v) is 4.19. The van der Waals surface area contributed by atoms with Crippen LogP contribution in [0.15, 0.2) is 18.2 Å². The first kappa shape index (κ1) is 15.7. The monoisotopic (exact) mass is 325 g/mol. The number of benzene rings is 1. The lowest BCUT2D eigenvalue weighted by Crippen LogP contribution is -2.13. The Hall–Kier alpha value is -1.66. The van der Waals surface area contributed by atoms with Gasteiger partial charge in [-0.2, -0.15) is 0 Å². The van der Waals surface area contributed by atoms with Crippen molar-refractivity contribution in [3.05, 3.63) is 33.8 Å².